The molecule has 1 N–H and O–H groups in total. The molecule has 0 unspecified atom stereocenters. The Labute approximate surface area is 61.3 Å². The fourth-order valence-electron chi connectivity index (χ4n) is 0.875. The van der Waals surface area contributed by atoms with Crippen LogP contribution in [-0.4, -0.2) is 18.2 Å². The highest BCUT2D eigenvalue weighted by Crippen LogP contribution is 1.80. The third-order valence-electron chi connectivity index (χ3n) is 1.44. The zero-order chi connectivity index (χ0) is 7.40. The van der Waals surface area contributed by atoms with Gasteiger partial charge in [-0.05, 0) is 7.05 Å². The lowest BCUT2D eigenvalue weighted by atomic mass is 10.6. The van der Waals surface area contributed by atoms with Gasteiger partial charge in [0.15, 0.2) is 0 Å². The first-order chi connectivity index (χ1) is 4.83. The zero-order valence-electron chi connectivity index (χ0n) is 6.54. The molecule has 0 aliphatic heterocycles. The summed E-state index contributed by atoms with van der Waals surface area (Å²) in [6, 6.07) is 0. The first-order valence-electron chi connectivity index (χ1n) is 3.48. The lowest BCUT2D eigenvalue weighted by Gasteiger charge is -1.92. The van der Waals surface area contributed by atoms with E-state index in [-0.39, 0.29) is 0 Å². The van der Waals surface area contributed by atoms with Gasteiger partial charge in [0.05, 0.1) is 7.05 Å². The number of hydrogen-bond donors (Lipinski definition) is 1. The van der Waals surface area contributed by atoms with Crippen molar-refractivity contribution in [1.82, 2.24) is 9.88 Å². The highest BCUT2D eigenvalue weighted by molar-refractivity contribution is 4.65. The number of nitrogens with zero attached hydrogens (tertiary/aromatic N) is 2. The molecule has 0 spiro atoms. The third kappa shape index (κ3) is 1.84. The van der Waals surface area contributed by atoms with Crippen molar-refractivity contribution in [3.05, 3.63) is 18.7 Å². The summed E-state index contributed by atoms with van der Waals surface area (Å²) in [5.41, 5.74) is 0. The molecule has 0 aliphatic carbocycles. The van der Waals surface area contributed by atoms with Crippen molar-refractivity contribution in [3.63, 3.8) is 0 Å². The Morgan fingerprint density at radius 3 is 2.90 bits per heavy atom. The quantitative estimate of drug-likeness (QED) is 0.563. The largest absolute Gasteiger partial charge is 0.316 e. The van der Waals surface area contributed by atoms with Crippen LogP contribution in [-0.2, 0) is 13.6 Å². The Morgan fingerprint density at radius 1 is 1.60 bits per heavy atom. The third-order valence-corrected chi connectivity index (χ3v) is 1.44. The summed E-state index contributed by atoms with van der Waals surface area (Å²) in [7, 11) is 3.99. The molecule has 56 valence electrons. The molecule has 0 aromatic carbocycles. The first kappa shape index (κ1) is 7.28. The molecule has 0 fully saturated rings. The van der Waals surface area contributed by atoms with Gasteiger partial charge in [-0.1, -0.05) is 0 Å². The molecule has 0 atom stereocenters. The van der Waals surface area contributed by atoms with Crippen molar-refractivity contribution in [2.24, 2.45) is 7.05 Å². The molecule has 3 nitrogen and oxygen atoms in total. The number of hydrogen-bond acceptors (Lipinski definition) is 1. The maximum Gasteiger partial charge on any atom is 0.243 e. The van der Waals surface area contributed by atoms with Crippen molar-refractivity contribution < 1.29 is 4.57 Å². The summed E-state index contributed by atoms with van der Waals surface area (Å²) >= 11 is 0. The Hall–Kier alpha value is -0.830. The molecule has 0 aliphatic rings. The summed E-state index contributed by atoms with van der Waals surface area (Å²) in [4.78, 5) is 0. The van der Waals surface area contributed by atoms with E-state index in [0.29, 0.717) is 0 Å². The van der Waals surface area contributed by atoms with Gasteiger partial charge in [0.1, 0.15) is 18.9 Å². The average Bonchev–Trinajstić information content (AvgIpc) is 2.31. The summed E-state index contributed by atoms with van der Waals surface area (Å²) in [6.45, 7) is 2.06. The molecular weight excluding hydrogens is 126 g/mol. The minimum Gasteiger partial charge on any atom is -0.316 e. The summed E-state index contributed by atoms with van der Waals surface area (Å²) in [5.74, 6) is 0. The second kappa shape index (κ2) is 3.37. The standard InChI is InChI=1S/C7H14N3/c1-8-3-4-10-6-5-9(2)7-10/h5-8H,3-4H2,1-2H3/q+1. The highest BCUT2D eigenvalue weighted by atomic mass is 15.1. The van der Waals surface area contributed by atoms with Gasteiger partial charge in [-0.15, -0.1) is 0 Å². The highest BCUT2D eigenvalue weighted by Gasteiger charge is 1.96. The Bertz CT molecular complexity index is 192. The van der Waals surface area contributed by atoms with Crippen LogP contribution in [0.1, 0.15) is 0 Å². The molecule has 1 aromatic heterocycles. The average molecular weight is 140 g/mol. The predicted octanol–water partition coefficient (Wildman–Crippen LogP) is -0.468. The van der Waals surface area contributed by atoms with Gasteiger partial charge < -0.3 is 5.32 Å². The molecule has 0 amide bonds. The van der Waals surface area contributed by atoms with E-state index in [4.69, 9.17) is 0 Å². The van der Waals surface area contributed by atoms with Crippen molar-refractivity contribution in [2.45, 2.75) is 6.54 Å². The van der Waals surface area contributed by atoms with Crippen LogP contribution in [0.25, 0.3) is 0 Å². The minimum atomic E-state index is 1.02. The van der Waals surface area contributed by atoms with Gasteiger partial charge in [0.2, 0.25) is 6.33 Å². The van der Waals surface area contributed by atoms with Gasteiger partial charge >= 0.3 is 0 Å². The second-order valence-corrected chi connectivity index (χ2v) is 2.42. The summed E-state index contributed by atoms with van der Waals surface area (Å²) in [5, 5.41) is 3.10. The molecule has 0 saturated carbocycles. The maximum atomic E-state index is 3.10. The predicted molar refractivity (Wildman–Crippen MR) is 39.5 cm³/mol. The molecule has 1 heterocycles. The van der Waals surface area contributed by atoms with E-state index in [9.17, 15) is 0 Å². The number of aromatic nitrogens is 2. The van der Waals surface area contributed by atoms with Crippen molar-refractivity contribution in [2.75, 3.05) is 13.6 Å². The van der Waals surface area contributed by atoms with Crippen LogP contribution in [0.15, 0.2) is 18.7 Å². The van der Waals surface area contributed by atoms with Gasteiger partial charge in [-0.25, -0.2) is 9.13 Å². The van der Waals surface area contributed by atoms with Gasteiger partial charge in [-0.2, -0.15) is 0 Å². The number of rotatable bonds is 3. The smallest absolute Gasteiger partial charge is 0.243 e. The van der Waals surface area contributed by atoms with Crippen LogP contribution in [0.4, 0.5) is 0 Å². The summed E-state index contributed by atoms with van der Waals surface area (Å²) < 4.78 is 4.19. The normalized spacial score (nSPS) is 10.2. The lowest BCUT2D eigenvalue weighted by molar-refractivity contribution is -0.671. The molecule has 0 radical (unpaired) electrons. The van der Waals surface area contributed by atoms with Crippen LogP contribution in [0.5, 0.6) is 0 Å². The van der Waals surface area contributed by atoms with Gasteiger partial charge in [0, 0.05) is 6.54 Å². The SMILES string of the molecule is CNCCn1cc[n+](C)c1. The van der Waals surface area contributed by atoms with E-state index >= 15 is 0 Å². The van der Waals surface area contributed by atoms with Gasteiger partial charge in [0.25, 0.3) is 0 Å². The van der Waals surface area contributed by atoms with E-state index < -0.39 is 0 Å². The Kier molecular flexibility index (Phi) is 2.45. The fraction of sp³-hybridized carbons (Fsp3) is 0.571. The van der Waals surface area contributed by atoms with E-state index in [1.54, 1.807) is 0 Å². The number of aryl methyl sites for hydroxylation is 1. The first-order valence-corrected chi connectivity index (χ1v) is 3.48. The monoisotopic (exact) mass is 140 g/mol. The van der Waals surface area contributed by atoms with Crippen LogP contribution in [0.2, 0.25) is 0 Å². The maximum absolute atomic E-state index is 3.10. The van der Waals surface area contributed by atoms with E-state index in [0.717, 1.165) is 13.1 Å². The van der Waals surface area contributed by atoms with E-state index in [2.05, 4.69) is 22.4 Å². The van der Waals surface area contributed by atoms with Crippen molar-refractivity contribution in [3.8, 4) is 0 Å². The van der Waals surface area contributed by atoms with Crippen molar-refractivity contribution >= 4 is 0 Å². The van der Waals surface area contributed by atoms with Crippen LogP contribution < -0.4 is 9.88 Å². The molecule has 0 bridgehead atoms. The van der Waals surface area contributed by atoms with Gasteiger partial charge in [-0.3, -0.25) is 0 Å². The van der Waals surface area contributed by atoms with Crippen LogP contribution in [0, 0.1) is 0 Å². The molecule has 1 rings (SSSR count). The van der Waals surface area contributed by atoms with E-state index in [1.807, 2.05) is 24.9 Å². The van der Waals surface area contributed by atoms with Crippen LogP contribution >= 0.6 is 0 Å². The zero-order valence-corrected chi connectivity index (χ0v) is 6.54. The minimum absolute atomic E-state index is 1.02. The Balaban J connectivity index is 2.42. The Morgan fingerprint density at radius 2 is 2.40 bits per heavy atom. The second-order valence-electron chi connectivity index (χ2n) is 2.42. The number of imidazole rings is 1. The van der Waals surface area contributed by atoms with E-state index in [1.165, 1.54) is 0 Å². The molecule has 3 heteroatoms. The number of likely N-dealkylation sites (N-methyl/N-ethyl adjacent to an activating group) is 1. The van der Waals surface area contributed by atoms with Crippen LogP contribution in [0.3, 0.4) is 0 Å². The molecule has 0 saturated heterocycles. The molecular formula is C7H14N3+. The van der Waals surface area contributed by atoms with Crippen molar-refractivity contribution in [1.29, 1.82) is 0 Å². The molecule has 1 aromatic rings. The topological polar surface area (TPSA) is 20.8 Å². The lowest BCUT2D eigenvalue weighted by Crippen LogP contribution is -2.24. The molecule has 10 heavy (non-hydrogen) atoms. The number of nitrogens with one attached hydrogen (secondary N) is 1. The summed E-state index contributed by atoms with van der Waals surface area (Å²) in [6.07, 6.45) is 6.17. The fourth-order valence-corrected chi connectivity index (χ4v) is 0.875.